The van der Waals surface area contributed by atoms with E-state index in [0.717, 1.165) is 6.42 Å². The van der Waals surface area contributed by atoms with Gasteiger partial charge in [-0.3, -0.25) is 4.79 Å². The number of hydrogen-bond acceptors (Lipinski definition) is 4. The normalized spacial score (nSPS) is 29.1. The molecule has 0 radical (unpaired) electrons. The molecule has 1 rings (SSSR count). The van der Waals surface area contributed by atoms with Gasteiger partial charge in [0.15, 0.2) is 5.79 Å². The third kappa shape index (κ3) is 3.95. The van der Waals surface area contributed by atoms with Gasteiger partial charge in [0, 0.05) is 6.42 Å². The Labute approximate surface area is 110 Å². The Balaban J connectivity index is 2.72. The Morgan fingerprint density at radius 3 is 2.33 bits per heavy atom. The van der Waals surface area contributed by atoms with E-state index in [9.17, 15) is 4.79 Å². The molecule has 3 atom stereocenters. The van der Waals surface area contributed by atoms with E-state index in [-0.39, 0.29) is 24.1 Å². The van der Waals surface area contributed by atoms with Crippen molar-refractivity contribution in [1.29, 1.82) is 0 Å². The Morgan fingerprint density at radius 2 is 1.83 bits per heavy atom. The van der Waals surface area contributed by atoms with Crippen LogP contribution in [0.1, 0.15) is 48.0 Å². The molecule has 1 aliphatic heterocycles. The molecule has 18 heavy (non-hydrogen) atoms. The predicted molar refractivity (Wildman–Crippen MR) is 69.1 cm³/mol. The van der Waals surface area contributed by atoms with Crippen molar-refractivity contribution < 1.29 is 19.0 Å². The topological polar surface area (TPSA) is 44.8 Å². The van der Waals surface area contributed by atoms with E-state index in [1.165, 1.54) is 0 Å². The minimum atomic E-state index is -0.640. The lowest BCUT2D eigenvalue weighted by atomic mass is 9.92. The summed E-state index contributed by atoms with van der Waals surface area (Å²) in [4.78, 5) is 11.8. The molecule has 0 spiro atoms. The summed E-state index contributed by atoms with van der Waals surface area (Å²) in [6.07, 6.45) is 0.719. The first-order chi connectivity index (χ1) is 8.26. The molecule has 4 nitrogen and oxygen atoms in total. The van der Waals surface area contributed by atoms with Crippen LogP contribution in [0.25, 0.3) is 0 Å². The van der Waals surface area contributed by atoms with Crippen LogP contribution >= 0.6 is 0 Å². The maximum atomic E-state index is 11.8. The fraction of sp³-hybridized carbons (Fsp3) is 0.929. The standard InChI is InChI=1S/C14H26O4/c1-7-16-13(15)10(4)12-8-11(9(2)3)17-14(5,6)18-12/h9-12H,7-8H2,1-6H3/t10-,11-,12-/m1/s1. The van der Waals surface area contributed by atoms with Crippen LogP contribution in [0.15, 0.2) is 0 Å². The Hall–Kier alpha value is -0.610. The molecule has 0 unspecified atom stereocenters. The van der Waals surface area contributed by atoms with Gasteiger partial charge in [-0.05, 0) is 33.6 Å². The molecule has 1 saturated heterocycles. The van der Waals surface area contributed by atoms with E-state index in [1.807, 2.05) is 27.7 Å². The molecule has 4 heteroatoms. The number of rotatable bonds is 4. The van der Waals surface area contributed by atoms with Crippen molar-refractivity contribution in [3.8, 4) is 0 Å². The molecule has 0 aliphatic carbocycles. The van der Waals surface area contributed by atoms with Crippen LogP contribution in [0.2, 0.25) is 0 Å². The fourth-order valence-corrected chi connectivity index (χ4v) is 2.22. The van der Waals surface area contributed by atoms with Crippen molar-refractivity contribution in [2.45, 2.75) is 66.0 Å². The summed E-state index contributed by atoms with van der Waals surface area (Å²) in [5.74, 6) is -0.680. The van der Waals surface area contributed by atoms with E-state index in [0.29, 0.717) is 12.5 Å². The third-order valence-electron chi connectivity index (χ3n) is 3.29. The van der Waals surface area contributed by atoms with Crippen molar-refractivity contribution in [2.75, 3.05) is 6.61 Å². The average Bonchev–Trinajstić information content (AvgIpc) is 2.26. The zero-order valence-electron chi connectivity index (χ0n) is 12.4. The lowest BCUT2D eigenvalue weighted by molar-refractivity contribution is -0.312. The Bertz CT molecular complexity index is 286. The maximum absolute atomic E-state index is 11.8. The van der Waals surface area contributed by atoms with E-state index < -0.39 is 5.79 Å². The van der Waals surface area contributed by atoms with E-state index in [1.54, 1.807) is 0 Å². The second-order valence-corrected chi connectivity index (χ2v) is 5.73. The van der Waals surface area contributed by atoms with Gasteiger partial charge in [-0.15, -0.1) is 0 Å². The van der Waals surface area contributed by atoms with Gasteiger partial charge in [0.2, 0.25) is 0 Å². The van der Waals surface area contributed by atoms with Crippen LogP contribution in [0.4, 0.5) is 0 Å². The molecule has 0 saturated carbocycles. The SMILES string of the molecule is CCOC(=O)[C@H](C)[C@H]1C[C@H](C(C)C)OC(C)(C)O1. The van der Waals surface area contributed by atoms with Gasteiger partial charge in [-0.1, -0.05) is 13.8 Å². The smallest absolute Gasteiger partial charge is 0.311 e. The third-order valence-corrected chi connectivity index (χ3v) is 3.29. The van der Waals surface area contributed by atoms with Gasteiger partial charge in [0.1, 0.15) is 0 Å². The molecular weight excluding hydrogens is 232 g/mol. The molecule has 1 heterocycles. The van der Waals surface area contributed by atoms with Gasteiger partial charge < -0.3 is 14.2 Å². The van der Waals surface area contributed by atoms with Crippen molar-refractivity contribution >= 4 is 5.97 Å². The lowest BCUT2D eigenvalue weighted by Crippen LogP contribution is -2.49. The number of hydrogen-bond donors (Lipinski definition) is 0. The van der Waals surface area contributed by atoms with Crippen LogP contribution in [-0.4, -0.2) is 30.6 Å². The summed E-state index contributed by atoms with van der Waals surface area (Å²) >= 11 is 0. The van der Waals surface area contributed by atoms with E-state index in [4.69, 9.17) is 14.2 Å². The van der Waals surface area contributed by atoms with E-state index in [2.05, 4.69) is 13.8 Å². The van der Waals surface area contributed by atoms with Crippen LogP contribution in [0.3, 0.4) is 0 Å². The highest BCUT2D eigenvalue weighted by molar-refractivity contribution is 5.72. The van der Waals surface area contributed by atoms with Gasteiger partial charge in [0.25, 0.3) is 0 Å². The van der Waals surface area contributed by atoms with Crippen LogP contribution < -0.4 is 0 Å². The summed E-state index contributed by atoms with van der Waals surface area (Å²) in [5, 5.41) is 0. The highest BCUT2D eigenvalue weighted by Gasteiger charge is 2.41. The Kier molecular flexibility index (Phi) is 5.17. The molecule has 0 bridgehead atoms. The Morgan fingerprint density at radius 1 is 1.28 bits per heavy atom. The number of carbonyl (C=O) groups is 1. The molecule has 106 valence electrons. The quantitative estimate of drug-likeness (QED) is 0.727. The molecule has 1 aliphatic rings. The first-order valence-electron chi connectivity index (χ1n) is 6.79. The summed E-state index contributed by atoms with van der Waals surface area (Å²) in [7, 11) is 0. The van der Waals surface area contributed by atoms with Gasteiger partial charge >= 0.3 is 5.97 Å². The van der Waals surface area contributed by atoms with Crippen molar-refractivity contribution in [2.24, 2.45) is 11.8 Å². The summed E-state index contributed by atoms with van der Waals surface area (Å²) in [5.41, 5.74) is 0. The number of ether oxygens (including phenoxy) is 3. The number of esters is 1. The second kappa shape index (κ2) is 6.02. The highest BCUT2D eigenvalue weighted by atomic mass is 16.7. The minimum absolute atomic E-state index is 0.121. The largest absolute Gasteiger partial charge is 0.466 e. The number of carbonyl (C=O) groups excluding carboxylic acids is 1. The predicted octanol–water partition coefficient (Wildman–Crippen LogP) is 2.75. The summed E-state index contributed by atoms with van der Waals surface area (Å²) in [6.45, 7) is 12.1. The maximum Gasteiger partial charge on any atom is 0.311 e. The first-order valence-corrected chi connectivity index (χ1v) is 6.79. The van der Waals surface area contributed by atoms with Gasteiger partial charge in [-0.25, -0.2) is 0 Å². The monoisotopic (exact) mass is 258 g/mol. The fourth-order valence-electron chi connectivity index (χ4n) is 2.22. The lowest BCUT2D eigenvalue weighted by Gasteiger charge is -2.43. The van der Waals surface area contributed by atoms with Crippen LogP contribution in [0.5, 0.6) is 0 Å². The molecule has 0 aromatic heterocycles. The van der Waals surface area contributed by atoms with Gasteiger partial charge in [0.05, 0.1) is 24.7 Å². The summed E-state index contributed by atoms with van der Waals surface area (Å²) < 4.78 is 16.8. The zero-order valence-corrected chi connectivity index (χ0v) is 12.4. The van der Waals surface area contributed by atoms with Crippen molar-refractivity contribution in [3.05, 3.63) is 0 Å². The highest BCUT2D eigenvalue weighted by Crippen LogP contribution is 2.33. The zero-order chi connectivity index (χ0) is 13.9. The molecule has 0 aromatic carbocycles. The molecular formula is C14H26O4. The molecule has 1 fully saturated rings. The van der Waals surface area contributed by atoms with E-state index >= 15 is 0 Å². The van der Waals surface area contributed by atoms with Crippen molar-refractivity contribution in [3.63, 3.8) is 0 Å². The van der Waals surface area contributed by atoms with Crippen LogP contribution in [0, 0.1) is 11.8 Å². The first kappa shape index (κ1) is 15.4. The van der Waals surface area contributed by atoms with Crippen LogP contribution in [-0.2, 0) is 19.0 Å². The average molecular weight is 258 g/mol. The molecule has 0 amide bonds. The molecule has 0 N–H and O–H groups in total. The van der Waals surface area contributed by atoms with Gasteiger partial charge in [-0.2, -0.15) is 0 Å². The second-order valence-electron chi connectivity index (χ2n) is 5.73. The van der Waals surface area contributed by atoms with Crippen molar-refractivity contribution in [1.82, 2.24) is 0 Å². The summed E-state index contributed by atoms with van der Waals surface area (Å²) in [6, 6.07) is 0. The molecule has 0 aromatic rings. The minimum Gasteiger partial charge on any atom is -0.466 e.